The minimum atomic E-state index is -0.707. The number of amides is 1. The molecular weight excluding hydrogens is 442 g/mol. The number of ether oxygens (including phenoxy) is 1. The normalized spacial score (nSPS) is 11.2. The maximum atomic E-state index is 13.3. The summed E-state index contributed by atoms with van der Waals surface area (Å²) in [5, 5.41) is 11.4. The SMILES string of the molecule is Cc1cccc(N(Cc2ccccc2)C(=O)COC(=O)/C(=C/c2ccccc2)n2nnnc2C)c1. The van der Waals surface area contributed by atoms with Gasteiger partial charge in [0.05, 0.1) is 6.54 Å². The summed E-state index contributed by atoms with van der Waals surface area (Å²) in [4.78, 5) is 28.0. The number of esters is 1. The smallest absolute Gasteiger partial charge is 0.357 e. The molecule has 176 valence electrons. The van der Waals surface area contributed by atoms with Crippen molar-refractivity contribution >= 4 is 29.3 Å². The van der Waals surface area contributed by atoms with E-state index in [0.717, 1.165) is 22.4 Å². The summed E-state index contributed by atoms with van der Waals surface area (Å²) in [7, 11) is 0. The topological polar surface area (TPSA) is 90.2 Å². The molecule has 3 aromatic carbocycles. The summed E-state index contributed by atoms with van der Waals surface area (Å²) in [5.74, 6) is -0.636. The van der Waals surface area contributed by atoms with Crippen LogP contribution in [0, 0.1) is 13.8 Å². The van der Waals surface area contributed by atoms with Gasteiger partial charge in [0, 0.05) is 5.69 Å². The van der Waals surface area contributed by atoms with Gasteiger partial charge in [-0.15, -0.1) is 5.10 Å². The monoisotopic (exact) mass is 467 g/mol. The van der Waals surface area contributed by atoms with E-state index in [2.05, 4.69) is 15.5 Å². The second-order valence-electron chi connectivity index (χ2n) is 7.96. The van der Waals surface area contributed by atoms with Crippen molar-refractivity contribution in [3.05, 3.63) is 107 Å². The average Bonchev–Trinajstić information content (AvgIpc) is 3.30. The lowest BCUT2D eigenvalue weighted by molar-refractivity contribution is -0.142. The van der Waals surface area contributed by atoms with Gasteiger partial charge in [-0.3, -0.25) is 4.79 Å². The highest BCUT2D eigenvalue weighted by molar-refractivity contribution is 6.15. The lowest BCUT2D eigenvalue weighted by atomic mass is 10.1. The van der Waals surface area contributed by atoms with Gasteiger partial charge in [-0.05, 0) is 59.2 Å². The van der Waals surface area contributed by atoms with Crippen molar-refractivity contribution in [1.29, 1.82) is 0 Å². The Kier molecular flexibility index (Phi) is 7.42. The van der Waals surface area contributed by atoms with E-state index >= 15 is 0 Å². The van der Waals surface area contributed by atoms with Crippen LogP contribution in [0.15, 0.2) is 84.9 Å². The van der Waals surface area contributed by atoms with Crippen molar-refractivity contribution in [3.63, 3.8) is 0 Å². The number of anilines is 1. The summed E-state index contributed by atoms with van der Waals surface area (Å²) < 4.78 is 6.77. The molecule has 0 saturated heterocycles. The molecule has 1 amide bonds. The number of benzene rings is 3. The van der Waals surface area contributed by atoms with Crippen molar-refractivity contribution in [2.45, 2.75) is 20.4 Å². The molecule has 0 aliphatic heterocycles. The van der Waals surface area contributed by atoms with Crippen LogP contribution in [-0.4, -0.2) is 38.7 Å². The number of nitrogens with zero attached hydrogens (tertiary/aromatic N) is 5. The summed E-state index contributed by atoms with van der Waals surface area (Å²) in [6, 6.07) is 26.6. The van der Waals surface area contributed by atoms with Gasteiger partial charge in [-0.2, -0.15) is 4.68 Å². The summed E-state index contributed by atoms with van der Waals surface area (Å²) in [5.41, 5.74) is 3.59. The molecule has 0 aliphatic carbocycles. The van der Waals surface area contributed by atoms with Crippen LogP contribution in [0.25, 0.3) is 11.8 Å². The average molecular weight is 468 g/mol. The molecule has 8 nitrogen and oxygen atoms in total. The first kappa shape index (κ1) is 23.6. The van der Waals surface area contributed by atoms with Crippen LogP contribution in [0.3, 0.4) is 0 Å². The van der Waals surface area contributed by atoms with Crippen molar-refractivity contribution in [3.8, 4) is 0 Å². The molecule has 0 radical (unpaired) electrons. The van der Waals surface area contributed by atoms with E-state index in [4.69, 9.17) is 4.74 Å². The Bertz CT molecular complexity index is 1330. The Morgan fingerprint density at radius 2 is 1.66 bits per heavy atom. The quantitative estimate of drug-likeness (QED) is 0.287. The van der Waals surface area contributed by atoms with Crippen LogP contribution in [0.1, 0.15) is 22.5 Å². The zero-order valence-electron chi connectivity index (χ0n) is 19.5. The standard InChI is InChI=1S/C27H25N5O3/c1-20-10-9-15-24(16-20)31(18-23-13-7-4-8-14-23)26(33)19-35-27(34)25(32-21(2)28-29-30-32)17-22-11-5-3-6-12-22/h3-17H,18-19H2,1-2H3/b25-17-. The Hall–Kier alpha value is -4.59. The summed E-state index contributed by atoms with van der Waals surface area (Å²) >= 11 is 0. The number of aromatic nitrogens is 4. The number of tetrazole rings is 1. The minimum absolute atomic E-state index is 0.108. The predicted octanol–water partition coefficient (Wildman–Crippen LogP) is 4.06. The molecule has 0 unspecified atom stereocenters. The second-order valence-corrected chi connectivity index (χ2v) is 7.96. The molecule has 1 aromatic heterocycles. The van der Waals surface area contributed by atoms with Gasteiger partial charge in [-0.25, -0.2) is 4.79 Å². The molecular formula is C27H25N5O3. The molecule has 8 heteroatoms. The Balaban J connectivity index is 1.56. The molecule has 0 atom stereocenters. The highest BCUT2D eigenvalue weighted by Crippen LogP contribution is 2.20. The Morgan fingerprint density at radius 1 is 0.943 bits per heavy atom. The number of aryl methyl sites for hydroxylation is 2. The molecule has 1 heterocycles. The van der Waals surface area contributed by atoms with E-state index in [-0.39, 0.29) is 11.6 Å². The molecule has 0 spiro atoms. The maximum absolute atomic E-state index is 13.3. The maximum Gasteiger partial charge on any atom is 0.357 e. The van der Waals surface area contributed by atoms with E-state index in [0.29, 0.717) is 12.4 Å². The van der Waals surface area contributed by atoms with E-state index in [1.165, 1.54) is 4.68 Å². The van der Waals surface area contributed by atoms with E-state index in [1.54, 1.807) is 17.9 Å². The second kappa shape index (κ2) is 11.0. The third-order valence-corrected chi connectivity index (χ3v) is 5.29. The van der Waals surface area contributed by atoms with Gasteiger partial charge in [0.2, 0.25) is 0 Å². The van der Waals surface area contributed by atoms with Gasteiger partial charge >= 0.3 is 5.97 Å². The summed E-state index contributed by atoms with van der Waals surface area (Å²) in [6.07, 6.45) is 1.62. The third kappa shape index (κ3) is 6.05. The third-order valence-electron chi connectivity index (χ3n) is 5.29. The molecule has 0 saturated carbocycles. The Labute approximate surface area is 203 Å². The van der Waals surface area contributed by atoms with Crippen LogP contribution in [0.5, 0.6) is 0 Å². The lowest BCUT2D eigenvalue weighted by Crippen LogP contribution is -2.34. The Morgan fingerprint density at radius 3 is 2.31 bits per heavy atom. The molecule has 35 heavy (non-hydrogen) atoms. The fourth-order valence-corrected chi connectivity index (χ4v) is 3.53. The van der Waals surface area contributed by atoms with Gasteiger partial charge in [0.1, 0.15) is 0 Å². The number of carbonyl (C=O) groups is 2. The molecule has 0 aliphatic rings. The molecule has 0 N–H and O–H groups in total. The van der Waals surface area contributed by atoms with Crippen molar-refractivity contribution in [1.82, 2.24) is 20.2 Å². The predicted molar refractivity (Wildman–Crippen MR) is 133 cm³/mol. The van der Waals surface area contributed by atoms with Crippen LogP contribution in [0.2, 0.25) is 0 Å². The van der Waals surface area contributed by atoms with Crippen LogP contribution >= 0.6 is 0 Å². The van der Waals surface area contributed by atoms with Crippen LogP contribution < -0.4 is 4.90 Å². The first-order valence-corrected chi connectivity index (χ1v) is 11.1. The largest absolute Gasteiger partial charge is 0.451 e. The van der Waals surface area contributed by atoms with Gasteiger partial charge in [0.25, 0.3) is 5.91 Å². The molecule has 4 rings (SSSR count). The van der Waals surface area contributed by atoms with E-state index in [9.17, 15) is 9.59 Å². The van der Waals surface area contributed by atoms with Crippen molar-refractivity contribution in [2.24, 2.45) is 0 Å². The number of hydrogen-bond acceptors (Lipinski definition) is 6. The number of rotatable bonds is 8. The van der Waals surface area contributed by atoms with Crippen molar-refractivity contribution in [2.75, 3.05) is 11.5 Å². The number of carbonyl (C=O) groups excluding carboxylic acids is 2. The summed E-state index contributed by atoms with van der Waals surface area (Å²) in [6.45, 7) is 3.55. The highest BCUT2D eigenvalue weighted by atomic mass is 16.5. The fourth-order valence-electron chi connectivity index (χ4n) is 3.53. The van der Waals surface area contributed by atoms with E-state index in [1.807, 2.05) is 91.9 Å². The lowest BCUT2D eigenvalue weighted by Gasteiger charge is -2.23. The van der Waals surface area contributed by atoms with Gasteiger partial charge in [-0.1, -0.05) is 72.8 Å². The fraction of sp³-hybridized carbons (Fsp3) is 0.148. The first-order valence-electron chi connectivity index (χ1n) is 11.1. The van der Waals surface area contributed by atoms with Gasteiger partial charge < -0.3 is 9.64 Å². The van der Waals surface area contributed by atoms with Crippen molar-refractivity contribution < 1.29 is 14.3 Å². The highest BCUT2D eigenvalue weighted by Gasteiger charge is 2.22. The van der Waals surface area contributed by atoms with E-state index < -0.39 is 12.6 Å². The zero-order valence-corrected chi connectivity index (χ0v) is 19.5. The minimum Gasteiger partial charge on any atom is -0.451 e. The van der Waals surface area contributed by atoms with Crippen LogP contribution in [-0.2, 0) is 20.9 Å². The molecule has 4 aromatic rings. The molecule has 0 bridgehead atoms. The van der Waals surface area contributed by atoms with Crippen LogP contribution in [0.4, 0.5) is 5.69 Å². The molecule has 0 fully saturated rings. The first-order chi connectivity index (χ1) is 17.0. The zero-order chi connectivity index (χ0) is 24.6. The van der Waals surface area contributed by atoms with Gasteiger partial charge in [0.15, 0.2) is 18.1 Å². The number of hydrogen-bond donors (Lipinski definition) is 0.